The van der Waals surface area contributed by atoms with Crippen LogP contribution < -0.4 is 4.90 Å². The summed E-state index contributed by atoms with van der Waals surface area (Å²) >= 11 is 6.48. The molecule has 0 aromatic carbocycles. The van der Waals surface area contributed by atoms with Crippen LogP contribution in [0.4, 0.5) is 15.5 Å². The average molecular weight is 524 g/mol. The smallest absolute Gasteiger partial charge is 0.427 e. The standard InChI is InChI=1S/C25H38ClN5O5/c1-11-16-14(3)13(2)15(4)20(34-16)30-12-27-17-18(26)28-21(29-19(17)30)31(22(32)35-24(5,6)7)23(33)36-25(8,9)10/h12-16,20H,11H2,1-10H3. The Bertz CT molecular complexity index is 1090. The molecule has 0 aliphatic carbocycles. The summed E-state index contributed by atoms with van der Waals surface area (Å²) in [6, 6.07) is 0. The van der Waals surface area contributed by atoms with Gasteiger partial charge in [-0.3, -0.25) is 4.57 Å². The first-order chi connectivity index (χ1) is 16.5. The fraction of sp³-hybridized carbons (Fsp3) is 0.720. The minimum Gasteiger partial charge on any atom is -0.443 e. The summed E-state index contributed by atoms with van der Waals surface area (Å²) in [5.74, 6) is 0.641. The molecular formula is C25H38ClN5O5. The SMILES string of the molecule is CCC1OC(n2cnc3c(Cl)nc(N(C(=O)OC(C)(C)C)C(=O)OC(C)(C)C)nc32)C(C)C(C)C1C. The van der Waals surface area contributed by atoms with Crippen molar-refractivity contribution >= 4 is 40.9 Å². The van der Waals surface area contributed by atoms with Crippen molar-refractivity contribution in [1.29, 1.82) is 0 Å². The van der Waals surface area contributed by atoms with Crippen molar-refractivity contribution < 1.29 is 23.8 Å². The third-order valence-electron chi connectivity index (χ3n) is 6.40. The van der Waals surface area contributed by atoms with Crippen LogP contribution in [0.15, 0.2) is 6.33 Å². The number of rotatable bonds is 3. The van der Waals surface area contributed by atoms with Crippen LogP contribution in [0.2, 0.25) is 5.15 Å². The minimum atomic E-state index is -0.978. The van der Waals surface area contributed by atoms with Crippen molar-refractivity contribution in [2.24, 2.45) is 17.8 Å². The number of nitrogens with zero attached hydrogens (tertiary/aromatic N) is 5. The maximum absolute atomic E-state index is 13.1. The van der Waals surface area contributed by atoms with Crippen molar-refractivity contribution in [1.82, 2.24) is 19.5 Å². The fourth-order valence-corrected chi connectivity index (χ4v) is 4.51. The van der Waals surface area contributed by atoms with Gasteiger partial charge in [0.2, 0.25) is 5.95 Å². The first kappa shape index (κ1) is 28.1. The van der Waals surface area contributed by atoms with Crippen LogP contribution in [0.1, 0.15) is 81.9 Å². The minimum absolute atomic E-state index is 0.0113. The molecule has 36 heavy (non-hydrogen) atoms. The number of hydrogen-bond donors (Lipinski definition) is 0. The predicted octanol–water partition coefficient (Wildman–Crippen LogP) is 6.37. The van der Waals surface area contributed by atoms with E-state index in [1.54, 1.807) is 52.4 Å². The lowest BCUT2D eigenvalue weighted by atomic mass is 9.77. The molecule has 5 unspecified atom stereocenters. The lowest BCUT2D eigenvalue weighted by Gasteiger charge is -2.44. The normalized spacial score (nSPS) is 25.0. The molecule has 0 radical (unpaired) electrons. The summed E-state index contributed by atoms with van der Waals surface area (Å²) in [5.41, 5.74) is -1.07. The van der Waals surface area contributed by atoms with Gasteiger partial charge in [0, 0.05) is 5.92 Å². The molecule has 1 aliphatic rings. The van der Waals surface area contributed by atoms with E-state index in [9.17, 15) is 9.59 Å². The molecule has 1 fully saturated rings. The Labute approximate surface area is 217 Å². The molecule has 2 aromatic heterocycles. The van der Waals surface area contributed by atoms with Crippen molar-refractivity contribution in [3.8, 4) is 0 Å². The van der Waals surface area contributed by atoms with E-state index >= 15 is 0 Å². The first-order valence-corrected chi connectivity index (χ1v) is 12.7. The fourth-order valence-electron chi connectivity index (χ4n) is 4.30. The van der Waals surface area contributed by atoms with Gasteiger partial charge in [-0.2, -0.15) is 9.97 Å². The van der Waals surface area contributed by atoms with E-state index in [-0.39, 0.29) is 29.4 Å². The van der Waals surface area contributed by atoms with Crippen LogP contribution in [0.25, 0.3) is 11.2 Å². The highest BCUT2D eigenvalue weighted by Crippen LogP contribution is 2.42. The lowest BCUT2D eigenvalue weighted by molar-refractivity contribution is -0.166. The molecule has 1 aliphatic heterocycles. The van der Waals surface area contributed by atoms with Crippen LogP contribution >= 0.6 is 11.6 Å². The second kappa shape index (κ2) is 10.1. The number of carbonyl (C=O) groups is 2. The van der Waals surface area contributed by atoms with E-state index in [0.717, 1.165) is 6.42 Å². The van der Waals surface area contributed by atoms with Gasteiger partial charge in [0.1, 0.15) is 22.9 Å². The average Bonchev–Trinajstić information content (AvgIpc) is 3.14. The van der Waals surface area contributed by atoms with Crippen molar-refractivity contribution in [3.63, 3.8) is 0 Å². The second-order valence-corrected chi connectivity index (χ2v) is 11.8. The van der Waals surface area contributed by atoms with Gasteiger partial charge in [-0.05, 0) is 59.8 Å². The zero-order valence-corrected chi connectivity index (χ0v) is 23.6. The number of ether oxygens (including phenoxy) is 3. The highest BCUT2D eigenvalue weighted by molar-refractivity contribution is 6.33. The molecule has 200 valence electrons. The maximum atomic E-state index is 13.1. The Balaban J connectivity index is 2.12. The van der Waals surface area contributed by atoms with Crippen LogP contribution in [-0.2, 0) is 14.2 Å². The molecule has 0 saturated carbocycles. The molecule has 3 rings (SSSR count). The van der Waals surface area contributed by atoms with Crippen LogP contribution in [0.5, 0.6) is 0 Å². The molecule has 10 nitrogen and oxygen atoms in total. The van der Waals surface area contributed by atoms with E-state index in [0.29, 0.717) is 27.9 Å². The van der Waals surface area contributed by atoms with Crippen molar-refractivity contribution in [2.75, 3.05) is 4.90 Å². The monoisotopic (exact) mass is 523 g/mol. The van der Waals surface area contributed by atoms with Crippen molar-refractivity contribution in [2.45, 2.75) is 99.2 Å². The van der Waals surface area contributed by atoms with Gasteiger partial charge in [0.05, 0.1) is 12.4 Å². The topological polar surface area (TPSA) is 109 Å². The van der Waals surface area contributed by atoms with Gasteiger partial charge in [-0.25, -0.2) is 14.6 Å². The number of imidazole rings is 1. The van der Waals surface area contributed by atoms with E-state index in [1.165, 1.54) is 0 Å². The number of hydrogen-bond acceptors (Lipinski definition) is 8. The Hall–Kier alpha value is -2.46. The quantitative estimate of drug-likeness (QED) is 0.427. The number of halogens is 1. The van der Waals surface area contributed by atoms with Crippen LogP contribution in [0.3, 0.4) is 0 Å². The molecule has 5 atom stereocenters. The zero-order valence-electron chi connectivity index (χ0n) is 22.8. The van der Waals surface area contributed by atoms with Gasteiger partial charge in [0.15, 0.2) is 10.8 Å². The molecule has 11 heteroatoms. The van der Waals surface area contributed by atoms with Crippen LogP contribution in [-0.4, -0.2) is 49.0 Å². The van der Waals surface area contributed by atoms with E-state index < -0.39 is 23.4 Å². The summed E-state index contributed by atoms with van der Waals surface area (Å²) in [7, 11) is 0. The van der Waals surface area contributed by atoms with E-state index in [2.05, 4.69) is 42.6 Å². The number of amides is 2. The zero-order chi connectivity index (χ0) is 27.2. The number of carbonyl (C=O) groups excluding carboxylic acids is 2. The lowest BCUT2D eigenvalue weighted by Crippen LogP contribution is -2.44. The highest BCUT2D eigenvalue weighted by atomic mass is 35.5. The number of anilines is 1. The highest BCUT2D eigenvalue weighted by Gasteiger charge is 2.41. The first-order valence-electron chi connectivity index (χ1n) is 12.4. The Morgan fingerprint density at radius 2 is 1.56 bits per heavy atom. The number of fused-ring (bicyclic) bond motifs is 1. The number of imide groups is 1. The molecule has 2 aromatic rings. The molecule has 0 bridgehead atoms. The summed E-state index contributed by atoms with van der Waals surface area (Å²) in [5, 5.41) is -0.0113. The largest absolute Gasteiger partial charge is 0.443 e. The molecule has 0 N–H and O–H groups in total. The Morgan fingerprint density at radius 1 is 1.00 bits per heavy atom. The maximum Gasteiger partial charge on any atom is 0.427 e. The van der Waals surface area contributed by atoms with Gasteiger partial charge in [0.25, 0.3) is 0 Å². The molecule has 0 spiro atoms. The van der Waals surface area contributed by atoms with Crippen LogP contribution in [0, 0.1) is 17.8 Å². The van der Waals surface area contributed by atoms with Crippen molar-refractivity contribution in [3.05, 3.63) is 11.5 Å². The molecule has 2 amide bonds. The molecule has 1 saturated heterocycles. The molecule has 3 heterocycles. The Kier molecular flexibility index (Phi) is 7.91. The summed E-state index contributed by atoms with van der Waals surface area (Å²) in [4.78, 5) is 40.0. The van der Waals surface area contributed by atoms with E-state index in [4.69, 9.17) is 25.8 Å². The third-order valence-corrected chi connectivity index (χ3v) is 6.67. The number of aromatic nitrogens is 4. The van der Waals surface area contributed by atoms with Gasteiger partial charge >= 0.3 is 12.2 Å². The second-order valence-electron chi connectivity index (χ2n) is 11.5. The van der Waals surface area contributed by atoms with E-state index in [1.807, 2.05) is 0 Å². The summed E-state index contributed by atoms with van der Waals surface area (Å²) in [6.45, 7) is 18.8. The van der Waals surface area contributed by atoms with Gasteiger partial charge in [-0.15, -0.1) is 4.90 Å². The molecular weight excluding hydrogens is 486 g/mol. The van der Waals surface area contributed by atoms with Gasteiger partial charge < -0.3 is 14.2 Å². The summed E-state index contributed by atoms with van der Waals surface area (Å²) < 4.78 is 19.2. The summed E-state index contributed by atoms with van der Waals surface area (Å²) in [6.07, 6.45) is 0.226. The Morgan fingerprint density at radius 3 is 2.06 bits per heavy atom. The third kappa shape index (κ3) is 5.91. The van der Waals surface area contributed by atoms with Gasteiger partial charge in [-0.1, -0.05) is 39.3 Å². The predicted molar refractivity (Wildman–Crippen MR) is 137 cm³/mol.